The number of aromatic nitrogens is 2. The van der Waals surface area contributed by atoms with Gasteiger partial charge < -0.3 is 24.9 Å². The molecule has 1 aliphatic rings. The molecule has 0 aliphatic carbocycles. The van der Waals surface area contributed by atoms with Crippen LogP contribution in [0.2, 0.25) is 0 Å². The highest BCUT2D eigenvalue weighted by molar-refractivity contribution is 6.06. The number of aromatic amines is 1. The lowest BCUT2D eigenvalue weighted by molar-refractivity contribution is -0.139. The topological polar surface area (TPSA) is 161 Å². The summed E-state index contributed by atoms with van der Waals surface area (Å²) in [4.78, 5) is 46.8. The van der Waals surface area contributed by atoms with Crippen molar-refractivity contribution in [1.82, 2.24) is 9.97 Å². The van der Waals surface area contributed by atoms with E-state index in [9.17, 15) is 19.6 Å². The number of benzene rings is 2. The van der Waals surface area contributed by atoms with E-state index in [4.69, 9.17) is 19.9 Å². The van der Waals surface area contributed by atoms with Crippen molar-refractivity contribution in [2.45, 2.75) is 12.8 Å². The first-order chi connectivity index (χ1) is 17.9. The molecule has 1 aliphatic heterocycles. The third-order valence-electron chi connectivity index (χ3n) is 5.80. The maximum absolute atomic E-state index is 13.2. The zero-order valence-electron chi connectivity index (χ0n) is 20.3. The van der Waals surface area contributed by atoms with Crippen molar-refractivity contribution in [3.05, 3.63) is 82.6 Å². The van der Waals surface area contributed by atoms with Gasteiger partial charge in [-0.3, -0.25) is 4.90 Å². The molecular formula is C26H23N5O6. The number of nitrogens with zero attached hydrogens (tertiary/aromatic N) is 3. The minimum Gasteiger partial charge on any atom is -0.466 e. The largest absolute Gasteiger partial charge is 0.466 e. The van der Waals surface area contributed by atoms with Crippen molar-refractivity contribution in [2.75, 3.05) is 25.7 Å². The Labute approximate surface area is 211 Å². The van der Waals surface area contributed by atoms with Crippen LogP contribution in [0.5, 0.6) is 0 Å². The van der Waals surface area contributed by atoms with Gasteiger partial charge in [0.05, 0.1) is 60.7 Å². The number of nitriles is 1. The number of allylic oxidation sites excluding steroid dienone is 1. The number of nitrogens with two attached hydrogens (primary N) is 1. The summed E-state index contributed by atoms with van der Waals surface area (Å²) >= 11 is 0. The number of H-pyrrole nitrogens is 1. The molecule has 11 heteroatoms. The quantitative estimate of drug-likeness (QED) is 0.379. The molecule has 1 unspecified atom stereocenters. The Morgan fingerprint density at radius 1 is 1.08 bits per heavy atom. The molecule has 0 amide bonds. The van der Waals surface area contributed by atoms with Gasteiger partial charge in [-0.15, -0.1) is 0 Å². The summed E-state index contributed by atoms with van der Waals surface area (Å²) in [6.45, 7) is 1.86. The molecule has 0 fully saturated rings. The number of fused-ring (bicyclic) bond motifs is 1. The Kier molecular flexibility index (Phi) is 6.92. The summed E-state index contributed by atoms with van der Waals surface area (Å²) in [6.07, 6.45) is 0. The average molecular weight is 501 g/mol. The third-order valence-corrected chi connectivity index (χ3v) is 5.80. The lowest BCUT2D eigenvalue weighted by atomic mass is 9.81. The number of esters is 3. The van der Waals surface area contributed by atoms with Gasteiger partial charge in [-0.1, -0.05) is 30.3 Å². The summed E-state index contributed by atoms with van der Waals surface area (Å²) in [7, 11) is 2.35. The van der Waals surface area contributed by atoms with Gasteiger partial charge in [-0.25, -0.2) is 19.4 Å². The summed E-state index contributed by atoms with van der Waals surface area (Å²) in [5, 5.41) is 10.1. The lowest BCUT2D eigenvalue weighted by Gasteiger charge is -2.35. The van der Waals surface area contributed by atoms with Crippen LogP contribution >= 0.6 is 0 Å². The maximum atomic E-state index is 13.2. The molecule has 0 bridgehead atoms. The van der Waals surface area contributed by atoms with E-state index in [2.05, 4.69) is 16.0 Å². The number of hydrogen-bond donors (Lipinski definition) is 2. The van der Waals surface area contributed by atoms with Crippen LogP contribution in [0.3, 0.4) is 0 Å². The first-order valence-electron chi connectivity index (χ1n) is 11.2. The van der Waals surface area contributed by atoms with Crippen LogP contribution in [-0.4, -0.2) is 48.7 Å². The smallest absolute Gasteiger partial charge is 0.374 e. The highest BCUT2D eigenvalue weighted by Gasteiger charge is 2.43. The van der Waals surface area contributed by atoms with Crippen molar-refractivity contribution in [3.8, 4) is 6.07 Å². The molecule has 0 radical (unpaired) electrons. The number of ether oxygens (including phenoxy) is 3. The molecule has 1 aromatic heterocycles. The van der Waals surface area contributed by atoms with Crippen molar-refractivity contribution in [2.24, 2.45) is 5.73 Å². The van der Waals surface area contributed by atoms with Crippen molar-refractivity contribution >= 4 is 34.6 Å². The number of imidazole rings is 1. The summed E-state index contributed by atoms with van der Waals surface area (Å²) in [6, 6.07) is 15.6. The van der Waals surface area contributed by atoms with E-state index < -0.39 is 23.8 Å². The molecular weight excluding hydrogens is 478 g/mol. The van der Waals surface area contributed by atoms with E-state index in [1.165, 1.54) is 19.1 Å². The van der Waals surface area contributed by atoms with E-state index in [-0.39, 0.29) is 35.1 Å². The molecule has 11 nitrogen and oxygen atoms in total. The number of carbonyl (C=O) groups excluding carboxylic acids is 3. The Hall–Kier alpha value is -5.11. The highest BCUT2D eigenvalue weighted by Crippen LogP contribution is 2.43. The second-order valence-electron chi connectivity index (χ2n) is 7.84. The van der Waals surface area contributed by atoms with Crippen LogP contribution in [-0.2, 0) is 23.8 Å². The van der Waals surface area contributed by atoms with Crippen LogP contribution in [0.15, 0.2) is 71.2 Å². The zero-order chi connectivity index (χ0) is 26.7. The minimum absolute atomic E-state index is 0.00278. The minimum atomic E-state index is -0.977. The second kappa shape index (κ2) is 10.2. The summed E-state index contributed by atoms with van der Waals surface area (Å²) in [5.41, 5.74) is 7.99. The number of methoxy groups -OCH3 is 2. The Morgan fingerprint density at radius 2 is 1.78 bits per heavy atom. The van der Waals surface area contributed by atoms with Crippen molar-refractivity contribution in [1.29, 1.82) is 5.26 Å². The maximum Gasteiger partial charge on any atom is 0.374 e. The molecule has 0 spiro atoms. The van der Waals surface area contributed by atoms with E-state index in [0.717, 1.165) is 0 Å². The molecule has 37 heavy (non-hydrogen) atoms. The number of carbonyl (C=O) groups is 3. The fraction of sp³-hybridized carbons (Fsp3) is 0.192. The SMILES string of the molecule is CCOC(=O)c1nc2ccc(N3C(N)=C(C#N)C(c4ccccc4)C(C(=O)OC)=C3C(=O)OC)cc2[nH]1. The Balaban J connectivity index is 1.98. The molecule has 4 rings (SSSR count). The number of rotatable bonds is 6. The monoisotopic (exact) mass is 501 g/mol. The molecule has 2 heterocycles. The Morgan fingerprint density at radius 3 is 2.41 bits per heavy atom. The summed E-state index contributed by atoms with van der Waals surface area (Å²) < 4.78 is 15.1. The van der Waals surface area contributed by atoms with Crippen molar-refractivity contribution in [3.63, 3.8) is 0 Å². The number of hydrogen-bond acceptors (Lipinski definition) is 10. The molecule has 0 saturated heterocycles. The van der Waals surface area contributed by atoms with Crippen LogP contribution in [0.1, 0.15) is 29.0 Å². The Bertz CT molecular complexity index is 1500. The molecule has 188 valence electrons. The molecule has 0 saturated carbocycles. The van der Waals surface area contributed by atoms with Gasteiger partial charge in [0.1, 0.15) is 11.5 Å². The molecule has 3 aromatic rings. The fourth-order valence-electron chi connectivity index (χ4n) is 4.21. The second-order valence-corrected chi connectivity index (χ2v) is 7.84. The fourth-order valence-corrected chi connectivity index (χ4v) is 4.21. The zero-order valence-corrected chi connectivity index (χ0v) is 20.3. The molecule has 2 aromatic carbocycles. The van der Waals surface area contributed by atoms with E-state index >= 15 is 0 Å². The van der Waals surface area contributed by atoms with Crippen LogP contribution in [0.25, 0.3) is 11.0 Å². The molecule has 3 N–H and O–H groups in total. The van der Waals surface area contributed by atoms with Gasteiger partial charge in [0, 0.05) is 0 Å². The van der Waals surface area contributed by atoms with E-state index in [1.54, 1.807) is 55.5 Å². The van der Waals surface area contributed by atoms with Crippen LogP contribution < -0.4 is 10.6 Å². The predicted octanol–water partition coefficient (Wildman–Crippen LogP) is 2.64. The van der Waals surface area contributed by atoms with E-state index in [1.807, 2.05) is 0 Å². The van der Waals surface area contributed by atoms with Crippen LogP contribution in [0, 0.1) is 11.3 Å². The average Bonchev–Trinajstić information content (AvgIpc) is 3.35. The standard InChI is InChI=1S/C26H23N5O6/c1-4-37-26(34)23-29-17-11-10-15(12-18(17)30-23)31-21(25(33)36-3)20(24(32)35-2)19(16(13-27)22(31)28)14-8-6-5-7-9-14/h5-12,19H,4,28H2,1-3H3,(H,29,30). The predicted molar refractivity (Wildman–Crippen MR) is 132 cm³/mol. The summed E-state index contributed by atoms with van der Waals surface area (Å²) in [5.74, 6) is -3.37. The van der Waals surface area contributed by atoms with Gasteiger partial charge in [-0.05, 0) is 30.7 Å². The molecule has 1 atom stereocenters. The van der Waals surface area contributed by atoms with Gasteiger partial charge in [0.25, 0.3) is 0 Å². The highest BCUT2D eigenvalue weighted by atomic mass is 16.5. The lowest BCUT2D eigenvalue weighted by Crippen LogP contribution is -2.40. The first kappa shape index (κ1) is 25.0. The first-order valence-corrected chi connectivity index (χ1v) is 11.2. The van der Waals surface area contributed by atoms with Crippen LogP contribution in [0.4, 0.5) is 5.69 Å². The van der Waals surface area contributed by atoms with E-state index in [0.29, 0.717) is 22.3 Å². The normalized spacial score (nSPS) is 15.4. The third kappa shape index (κ3) is 4.36. The number of anilines is 1. The van der Waals surface area contributed by atoms with Gasteiger partial charge >= 0.3 is 17.9 Å². The van der Waals surface area contributed by atoms with Gasteiger partial charge in [-0.2, -0.15) is 5.26 Å². The number of nitrogens with one attached hydrogen (secondary N) is 1. The van der Waals surface area contributed by atoms with Gasteiger partial charge in [0.15, 0.2) is 0 Å². The van der Waals surface area contributed by atoms with Gasteiger partial charge in [0.2, 0.25) is 5.82 Å². The van der Waals surface area contributed by atoms with Crippen molar-refractivity contribution < 1.29 is 28.6 Å².